The maximum absolute atomic E-state index is 7.64. The third-order valence-electron chi connectivity index (χ3n) is 4.18. The molecule has 18 heavy (non-hydrogen) atoms. The van der Waals surface area contributed by atoms with E-state index in [0.29, 0.717) is 5.84 Å². The van der Waals surface area contributed by atoms with E-state index in [-0.39, 0.29) is 5.41 Å². The number of imidazole rings is 1. The van der Waals surface area contributed by atoms with E-state index in [1.54, 1.807) is 0 Å². The monoisotopic (exact) mass is 249 g/mol. The third kappa shape index (κ3) is 2.72. The lowest BCUT2D eigenvalue weighted by Crippen LogP contribution is -2.45. The normalized spacial score (nSPS) is 19.9. The van der Waals surface area contributed by atoms with Crippen molar-refractivity contribution >= 4 is 5.84 Å². The van der Waals surface area contributed by atoms with E-state index in [1.165, 1.54) is 0 Å². The van der Waals surface area contributed by atoms with Crippen molar-refractivity contribution in [1.29, 1.82) is 5.41 Å². The quantitative estimate of drug-likeness (QED) is 0.618. The number of aryl methyl sites for hydroxylation is 1. The minimum absolute atomic E-state index is 0.0836. The number of nitrogens with zero attached hydrogens (tertiary/aromatic N) is 3. The van der Waals surface area contributed by atoms with Gasteiger partial charge in [0.25, 0.3) is 0 Å². The van der Waals surface area contributed by atoms with Gasteiger partial charge in [0.15, 0.2) is 0 Å². The first kappa shape index (κ1) is 13.1. The molecule has 5 nitrogen and oxygen atoms in total. The van der Waals surface area contributed by atoms with Gasteiger partial charge in [0.1, 0.15) is 5.82 Å². The van der Waals surface area contributed by atoms with Crippen LogP contribution in [0.1, 0.15) is 25.6 Å². The van der Waals surface area contributed by atoms with Gasteiger partial charge in [0.2, 0.25) is 0 Å². The average molecular weight is 249 g/mol. The van der Waals surface area contributed by atoms with Crippen molar-refractivity contribution in [2.45, 2.75) is 26.2 Å². The van der Waals surface area contributed by atoms with Crippen LogP contribution in [0.15, 0.2) is 12.4 Å². The number of nitrogens with one attached hydrogen (secondary N) is 1. The number of hydrogen-bond donors (Lipinski definition) is 2. The molecule has 0 bridgehead atoms. The predicted molar refractivity (Wildman–Crippen MR) is 72.6 cm³/mol. The molecule has 100 valence electrons. The summed E-state index contributed by atoms with van der Waals surface area (Å²) < 4.78 is 2.07. The number of aromatic nitrogens is 2. The summed E-state index contributed by atoms with van der Waals surface area (Å²) >= 11 is 0. The molecule has 1 aliphatic heterocycles. The lowest BCUT2D eigenvalue weighted by atomic mass is 9.79. The van der Waals surface area contributed by atoms with Crippen LogP contribution in [-0.2, 0) is 13.5 Å². The smallest absolute Gasteiger partial charge is 0.109 e. The maximum Gasteiger partial charge on any atom is 0.109 e. The predicted octanol–water partition coefficient (Wildman–Crippen LogP) is 1.00. The van der Waals surface area contributed by atoms with Gasteiger partial charge < -0.3 is 15.2 Å². The Morgan fingerprint density at radius 2 is 2.17 bits per heavy atom. The first-order valence-electron chi connectivity index (χ1n) is 6.54. The van der Waals surface area contributed by atoms with E-state index in [2.05, 4.69) is 21.4 Å². The van der Waals surface area contributed by atoms with E-state index in [4.69, 9.17) is 11.1 Å². The van der Waals surface area contributed by atoms with Gasteiger partial charge in [-0.3, -0.25) is 5.41 Å². The number of piperidine rings is 1. The molecule has 1 aromatic rings. The van der Waals surface area contributed by atoms with Crippen LogP contribution in [0.25, 0.3) is 0 Å². The van der Waals surface area contributed by atoms with Crippen LogP contribution in [-0.4, -0.2) is 39.9 Å². The molecule has 0 unspecified atom stereocenters. The molecule has 0 aromatic carbocycles. The second-order valence-corrected chi connectivity index (χ2v) is 5.52. The van der Waals surface area contributed by atoms with Crippen LogP contribution < -0.4 is 5.73 Å². The maximum atomic E-state index is 7.64. The zero-order valence-corrected chi connectivity index (χ0v) is 11.3. The number of nitrogens with two attached hydrogens (primary N) is 1. The second-order valence-electron chi connectivity index (χ2n) is 5.52. The van der Waals surface area contributed by atoms with Crippen molar-refractivity contribution in [3.63, 3.8) is 0 Å². The van der Waals surface area contributed by atoms with Crippen molar-refractivity contribution < 1.29 is 0 Å². The highest BCUT2D eigenvalue weighted by Crippen LogP contribution is 2.30. The fraction of sp³-hybridized carbons (Fsp3) is 0.692. The lowest BCUT2D eigenvalue weighted by Gasteiger charge is -2.38. The summed E-state index contributed by atoms with van der Waals surface area (Å²) in [4.78, 5) is 6.78. The lowest BCUT2D eigenvalue weighted by molar-refractivity contribution is 0.163. The summed E-state index contributed by atoms with van der Waals surface area (Å²) in [5.74, 6) is 1.47. The molecule has 5 heteroatoms. The van der Waals surface area contributed by atoms with Gasteiger partial charge in [-0.2, -0.15) is 0 Å². The minimum atomic E-state index is -0.0836. The van der Waals surface area contributed by atoms with Crippen molar-refractivity contribution in [2.24, 2.45) is 18.2 Å². The number of hydrogen-bond acceptors (Lipinski definition) is 3. The zero-order chi connectivity index (χ0) is 13.2. The van der Waals surface area contributed by atoms with Crippen LogP contribution >= 0.6 is 0 Å². The fourth-order valence-corrected chi connectivity index (χ4v) is 2.43. The molecule has 2 heterocycles. The summed E-state index contributed by atoms with van der Waals surface area (Å²) in [6.45, 7) is 5.20. The molecule has 1 aliphatic rings. The highest BCUT2D eigenvalue weighted by molar-refractivity contribution is 5.83. The molecule has 1 saturated heterocycles. The average Bonchev–Trinajstić information content (AvgIpc) is 2.74. The van der Waals surface area contributed by atoms with Crippen LogP contribution in [0.5, 0.6) is 0 Å². The molecule has 0 amide bonds. The molecule has 0 radical (unpaired) electrons. The van der Waals surface area contributed by atoms with Gasteiger partial charge >= 0.3 is 0 Å². The van der Waals surface area contributed by atoms with E-state index >= 15 is 0 Å². The minimum Gasteiger partial charge on any atom is -0.387 e. The topological polar surface area (TPSA) is 70.9 Å². The molecule has 0 atom stereocenters. The van der Waals surface area contributed by atoms with Crippen LogP contribution in [0.2, 0.25) is 0 Å². The van der Waals surface area contributed by atoms with Crippen molar-refractivity contribution in [1.82, 2.24) is 14.5 Å². The van der Waals surface area contributed by atoms with Crippen LogP contribution in [0.3, 0.4) is 0 Å². The third-order valence-corrected chi connectivity index (χ3v) is 4.18. The molecule has 0 saturated carbocycles. The van der Waals surface area contributed by atoms with E-state index in [0.717, 1.165) is 44.7 Å². The van der Waals surface area contributed by atoms with Gasteiger partial charge in [-0.15, -0.1) is 0 Å². The molecule has 1 fully saturated rings. The molecular weight excluding hydrogens is 226 g/mol. The van der Waals surface area contributed by atoms with Gasteiger partial charge in [-0.25, -0.2) is 4.98 Å². The van der Waals surface area contributed by atoms with Crippen molar-refractivity contribution in [3.05, 3.63) is 18.2 Å². The van der Waals surface area contributed by atoms with E-state index in [9.17, 15) is 0 Å². The Balaban J connectivity index is 1.81. The van der Waals surface area contributed by atoms with Gasteiger partial charge in [0, 0.05) is 37.8 Å². The van der Waals surface area contributed by atoms with Gasteiger partial charge in [0.05, 0.1) is 5.84 Å². The molecule has 3 N–H and O–H groups in total. The standard InChI is InChI=1S/C13H23N5/c1-13(12(14)15)4-8-18(9-5-13)7-3-11-16-6-10-17(11)2/h6,10H,3-5,7-9H2,1-2H3,(H3,14,15). The van der Waals surface area contributed by atoms with Crippen molar-refractivity contribution in [3.8, 4) is 0 Å². The SMILES string of the molecule is Cn1ccnc1CCN1CCC(C)(C(=N)N)CC1. The molecule has 1 aromatic heterocycles. The summed E-state index contributed by atoms with van der Waals surface area (Å²) in [6, 6.07) is 0. The Hall–Kier alpha value is -1.36. The number of likely N-dealkylation sites (tertiary alicyclic amines) is 1. The van der Waals surface area contributed by atoms with E-state index in [1.807, 2.05) is 19.4 Å². The number of rotatable bonds is 4. The Labute approximate surface area is 108 Å². The Morgan fingerprint density at radius 3 is 2.67 bits per heavy atom. The Kier molecular flexibility index (Phi) is 3.71. The molecule has 0 aliphatic carbocycles. The van der Waals surface area contributed by atoms with Crippen molar-refractivity contribution in [2.75, 3.05) is 19.6 Å². The zero-order valence-electron chi connectivity index (χ0n) is 11.3. The summed E-state index contributed by atoms with van der Waals surface area (Å²) in [5, 5.41) is 7.64. The van der Waals surface area contributed by atoms with Crippen LogP contribution in [0.4, 0.5) is 0 Å². The highest BCUT2D eigenvalue weighted by atomic mass is 15.1. The van der Waals surface area contributed by atoms with Gasteiger partial charge in [-0.05, 0) is 25.9 Å². The van der Waals surface area contributed by atoms with Crippen LogP contribution in [0, 0.1) is 10.8 Å². The molecule has 2 rings (SSSR count). The van der Waals surface area contributed by atoms with E-state index < -0.39 is 0 Å². The first-order chi connectivity index (χ1) is 8.51. The second kappa shape index (κ2) is 5.10. The molecule has 0 spiro atoms. The first-order valence-corrected chi connectivity index (χ1v) is 6.54. The largest absolute Gasteiger partial charge is 0.387 e. The Bertz CT molecular complexity index is 415. The Morgan fingerprint density at radius 1 is 1.50 bits per heavy atom. The summed E-state index contributed by atoms with van der Waals surface area (Å²) in [6.07, 6.45) is 6.79. The fourth-order valence-electron chi connectivity index (χ4n) is 2.43. The number of amidine groups is 1. The summed E-state index contributed by atoms with van der Waals surface area (Å²) in [5.41, 5.74) is 5.59. The highest BCUT2D eigenvalue weighted by Gasteiger charge is 2.32. The summed E-state index contributed by atoms with van der Waals surface area (Å²) in [7, 11) is 2.03. The van der Waals surface area contributed by atoms with Gasteiger partial charge in [-0.1, -0.05) is 6.92 Å². The molecular formula is C13H23N5.